The normalized spacial score (nSPS) is 14.3. The van der Waals surface area contributed by atoms with Gasteiger partial charge in [-0.25, -0.2) is 0 Å². The first-order chi connectivity index (χ1) is 15.7. The predicted octanol–water partition coefficient (Wildman–Crippen LogP) is 3.15. The fourth-order valence-corrected chi connectivity index (χ4v) is 4.08. The molecule has 0 spiro atoms. The molecule has 6 nitrogen and oxygen atoms in total. The number of piperazine rings is 1. The van der Waals surface area contributed by atoms with Crippen LogP contribution in [0.4, 0.5) is 5.69 Å². The minimum absolute atomic E-state index is 0.0187. The van der Waals surface area contributed by atoms with Crippen LogP contribution in [-0.2, 0) is 6.54 Å². The lowest BCUT2D eigenvalue weighted by molar-refractivity contribution is 0.0951. The highest BCUT2D eigenvalue weighted by molar-refractivity contribution is 5.94. The van der Waals surface area contributed by atoms with Crippen molar-refractivity contribution in [3.8, 4) is 11.1 Å². The summed E-state index contributed by atoms with van der Waals surface area (Å²) in [7, 11) is 0. The maximum atomic E-state index is 12.5. The second-order valence-electron chi connectivity index (χ2n) is 8.13. The molecule has 3 N–H and O–H groups in total. The molecule has 3 aromatic rings. The molecular weight excluding hydrogens is 398 g/mol. The first-order valence-corrected chi connectivity index (χ1v) is 11.3. The van der Waals surface area contributed by atoms with Gasteiger partial charge in [-0.1, -0.05) is 30.3 Å². The van der Waals surface area contributed by atoms with Crippen LogP contribution in [0.3, 0.4) is 0 Å². The van der Waals surface area contributed by atoms with Crippen molar-refractivity contribution in [2.24, 2.45) is 5.73 Å². The summed E-state index contributed by atoms with van der Waals surface area (Å²) in [4.78, 5) is 21.4. The van der Waals surface area contributed by atoms with Crippen LogP contribution in [0.25, 0.3) is 11.1 Å². The van der Waals surface area contributed by atoms with Crippen LogP contribution >= 0.6 is 0 Å². The number of pyridine rings is 1. The van der Waals surface area contributed by atoms with E-state index in [0.29, 0.717) is 18.7 Å². The lowest BCUT2D eigenvalue weighted by Crippen LogP contribution is -2.47. The van der Waals surface area contributed by atoms with E-state index < -0.39 is 0 Å². The monoisotopic (exact) mass is 429 g/mol. The lowest BCUT2D eigenvalue weighted by atomic mass is 10.0. The van der Waals surface area contributed by atoms with Gasteiger partial charge in [0.2, 0.25) is 0 Å². The van der Waals surface area contributed by atoms with Gasteiger partial charge in [-0.05, 0) is 60.0 Å². The van der Waals surface area contributed by atoms with E-state index >= 15 is 0 Å². The van der Waals surface area contributed by atoms with E-state index in [2.05, 4.69) is 44.4 Å². The molecule has 1 amide bonds. The molecule has 0 aliphatic carbocycles. The van der Waals surface area contributed by atoms with Gasteiger partial charge < -0.3 is 16.0 Å². The van der Waals surface area contributed by atoms with E-state index in [1.165, 1.54) is 5.69 Å². The van der Waals surface area contributed by atoms with E-state index in [1.807, 2.05) is 48.8 Å². The van der Waals surface area contributed by atoms with E-state index in [-0.39, 0.29) is 5.91 Å². The molecule has 1 aliphatic rings. The van der Waals surface area contributed by atoms with Crippen molar-refractivity contribution in [3.05, 3.63) is 84.2 Å². The predicted molar refractivity (Wildman–Crippen MR) is 130 cm³/mol. The van der Waals surface area contributed by atoms with Crippen molar-refractivity contribution in [2.75, 3.05) is 44.2 Å². The summed E-state index contributed by atoms with van der Waals surface area (Å²) in [6.07, 6.45) is 4.64. The van der Waals surface area contributed by atoms with Crippen molar-refractivity contribution in [1.29, 1.82) is 0 Å². The van der Waals surface area contributed by atoms with Gasteiger partial charge >= 0.3 is 0 Å². The van der Waals surface area contributed by atoms with Gasteiger partial charge in [0.1, 0.15) is 0 Å². The molecule has 166 valence electrons. The number of nitrogens with one attached hydrogen (secondary N) is 1. The lowest BCUT2D eigenvalue weighted by Gasteiger charge is -2.36. The zero-order valence-corrected chi connectivity index (χ0v) is 18.4. The molecule has 0 radical (unpaired) electrons. The van der Waals surface area contributed by atoms with Crippen LogP contribution in [0.5, 0.6) is 0 Å². The molecule has 1 saturated heterocycles. The van der Waals surface area contributed by atoms with Gasteiger partial charge in [0, 0.05) is 62.9 Å². The van der Waals surface area contributed by atoms with Gasteiger partial charge in [-0.15, -0.1) is 0 Å². The van der Waals surface area contributed by atoms with Crippen LogP contribution < -0.4 is 16.0 Å². The number of benzene rings is 2. The molecular formula is C26H31N5O. The summed E-state index contributed by atoms with van der Waals surface area (Å²) in [6.45, 7) is 6.35. The summed E-state index contributed by atoms with van der Waals surface area (Å²) in [5.74, 6) is -0.0187. The SMILES string of the molecule is NCc1cccc(-c2ccc(C(=O)NCCCN3CCN(c4ccncc4)CC3)cc2)c1. The topological polar surface area (TPSA) is 74.5 Å². The highest BCUT2D eigenvalue weighted by Crippen LogP contribution is 2.21. The van der Waals surface area contributed by atoms with Crippen LogP contribution in [0.1, 0.15) is 22.3 Å². The molecule has 4 rings (SSSR count). The number of nitrogens with zero attached hydrogens (tertiary/aromatic N) is 3. The third-order valence-corrected chi connectivity index (χ3v) is 5.98. The first-order valence-electron chi connectivity index (χ1n) is 11.3. The summed E-state index contributed by atoms with van der Waals surface area (Å²) >= 11 is 0. The van der Waals surface area contributed by atoms with E-state index in [4.69, 9.17) is 5.73 Å². The smallest absolute Gasteiger partial charge is 0.251 e. The third-order valence-electron chi connectivity index (χ3n) is 5.98. The first kappa shape index (κ1) is 22.0. The van der Waals surface area contributed by atoms with Crippen molar-refractivity contribution in [3.63, 3.8) is 0 Å². The van der Waals surface area contributed by atoms with Gasteiger partial charge in [-0.2, -0.15) is 0 Å². The number of hydrogen-bond donors (Lipinski definition) is 2. The molecule has 2 aromatic carbocycles. The molecule has 0 bridgehead atoms. The standard InChI is InChI=1S/C26H31N5O/c27-20-21-3-1-4-24(19-21)22-5-7-23(8-6-22)26(32)29-11-2-14-30-15-17-31(18-16-30)25-9-12-28-13-10-25/h1,3-10,12-13,19H,2,11,14-18,20,27H2,(H,29,32). The Balaban J connectivity index is 1.18. The quantitative estimate of drug-likeness (QED) is 0.538. The van der Waals surface area contributed by atoms with Crippen molar-refractivity contribution >= 4 is 11.6 Å². The van der Waals surface area contributed by atoms with Crippen LogP contribution in [0.15, 0.2) is 73.1 Å². The summed E-state index contributed by atoms with van der Waals surface area (Å²) in [5.41, 5.74) is 11.0. The maximum Gasteiger partial charge on any atom is 0.251 e. The van der Waals surface area contributed by atoms with E-state index in [1.54, 1.807) is 0 Å². The molecule has 1 aromatic heterocycles. The number of amides is 1. The number of carbonyl (C=O) groups is 1. The van der Waals surface area contributed by atoms with E-state index in [0.717, 1.165) is 55.8 Å². The molecule has 0 unspecified atom stereocenters. The Kier molecular flexibility index (Phi) is 7.48. The molecule has 1 aliphatic heterocycles. The Bertz CT molecular complexity index is 998. The Labute approximate surface area is 190 Å². The Hall–Kier alpha value is -3.22. The Morgan fingerprint density at radius 2 is 1.69 bits per heavy atom. The number of rotatable bonds is 8. The highest BCUT2D eigenvalue weighted by atomic mass is 16.1. The summed E-state index contributed by atoms with van der Waals surface area (Å²) in [5, 5.41) is 3.05. The average molecular weight is 430 g/mol. The molecule has 32 heavy (non-hydrogen) atoms. The van der Waals surface area contributed by atoms with Crippen LogP contribution in [-0.4, -0.2) is 55.1 Å². The highest BCUT2D eigenvalue weighted by Gasteiger charge is 2.16. The van der Waals surface area contributed by atoms with Crippen molar-refractivity contribution in [2.45, 2.75) is 13.0 Å². The second-order valence-corrected chi connectivity index (χ2v) is 8.13. The molecule has 6 heteroatoms. The van der Waals surface area contributed by atoms with Gasteiger partial charge in [0.25, 0.3) is 5.91 Å². The largest absolute Gasteiger partial charge is 0.369 e. The number of carbonyl (C=O) groups excluding carboxylic acids is 1. The Morgan fingerprint density at radius 1 is 0.938 bits per heavy atom. The van der Waals surface area contributed by atoms with Gasteiger partial charge in [0.15, 0.2) is 0 Å². The molecule has 0 atom stereocenters. The molecule has 1 fully saturated rings. The fraction of sp³-hybridized carbons (Fsp3) is 0.308. The fourth-order valence-electron chi connectivity index (χ4n) is 4.08. The van der Waals surface area contributed by atoms with E-state index in [9.17, 15) is 4.79 Å². The number of nitrogens with two attached hydrogens (primary N) is 1. The van der Waals surface area contributed by atoms with Crippen LogP contribution in [0.2, 0.25) is 0 Å². The minimum atomic E-state index is -0.0187. The van der Waals surface area contributed by atoms with Crippen molar-refractivity contribution in [1.82, 2.24) is 15.2 Å². The van der Waals surface area contributed by atoms with Crippen LogP contribution in [0, 0.1) is 0 Å². The number of anilines is 1. The zero-order chi connectivity index (χ0) is 22.2. The second kappa shape index (κ2) is 10.9. The number of hydrogen-bond acceptors (Lipinski definition) is 5. The van der Waals surface area contributed by atoms with Crippen molar-refractivity contribution < 1.29 is 4.79 Å². The van der Waals surface area contributed by atoms with Gasteiger partial charge in [0.05, 0.1) is 0 Å². The minimum Gasteiger partial charge on any atom is -0.369 e. The van der Waals surface area contributed by atoms with Gasteiger partial charge in [-0.3, -0.25) is 14.7 Å². The Morgan fingerprint density at radius 3 is 2.41 bits per heavy atom. The maximum absolute atomic E-state index is 12.5. The average Bonchev–Trinajstić information content (AvgIpc) is 2.87. The zero-order valence-electron chi connectivity index (χ0n) is 18.4. The summed E-state index contributed by atoms with van der Waals surface area (Å²) in [6, 6.07) is 20.1. The molecule has 2 heterocycles. The number of aromatic nitrogens is 1. The third kappa shape index (κ3) is 5.72. The molecule has 0 saturated carbocycles. The summed E-state index contributed by atoms with van der Waals surface area (Å²) < 4.78 is 0.